The molecule has 0 N–H and O–H groups in total. The number of ether oxygens (including phenoxy) is 2. The minimum Gasteiger partial charge on any atom is -0.494 e. The highest BCUT2D eigenvalue weighted by Crippen LogP contribution is 2.38. The van der Waals surface area contributed by atoms with Crippen molar-refractivity contribution in [3.05, 3.63) is 24.3 Å². The Morgan fingerprint density at radius 1 is 1.03 bits per heavy atom. The molecule has 1 aliphatic rings. The Hall–Kier alpha value is -1.55. The van der Waals surface area contributed by atoms with Crippen molar-refractivity contribution in [3.63, 3.8) is 0 Å². The standard InChI is InChI=1S/C26H46BNO6Si/c1-23(2,3)31-22(29)28(34-35(11,12)24(4,5)6)17-14-18-30-21-16-13-15-20(19-21)27-32-25(7,8)26(9,10)33-27/h13,15-16,19H,14,17-18H2,1-12H3. The van der Waals surface area contributed by atoms with Gasteiger partial charge in [-0.25, -0.2) is 4.79 Å². The number of carbonyl (C=O) groups is 1. The second kappa shape index (κ2) is 10.4. The fraction of sp³-hybridized carbons (Fsp3) is 0.731. The van der Waals surface area contributed by atoms with Crippen LogP contribution in [0.2, 0.25) is 18.1 Å². The van der Waals surface area contributed by atoms with Crippen LogP contribution in [0.4, 0.5) is 4.79 Å². The molecular weight excluding hydrogens is 461 g/mol. The Morgan fingerprint density at radius 3 is 2.11 bits per heavy atom. The van der Waals surface area contributed by atoms with Crippen LogP contribution >= 0.6 is 0 Å². The Balaban J connectivity index is 2.00. The number of hydroxylamine groups is 2. The highest BCUT2D eigenvalue weighted by atomic mass is 28.4. The molecule has 0 bridgehead atoms. The van der Waals surface area contributed by atoms with Crippen molar-refractivity contribution in [3.8, 4) is 5.75 Å². The summed E-state index contributed by atoms with van der Waals surface area (Å²) in [6, 6.07) is 7.77. The van der Waals surface area contributed by atoms with Gasteiger partial charge >= 0.3 is 13.2 Å². The zero-order chi connectivity index (χ0) is 26.9. The molecule has 1 fully saturated rings. The first-order valence-corrected chi connectivity index (χ1v) is 15.4. The van der Waals surface area contributed by atoms with Gasteiger partial charge in [0.05, 0.1) is 24.4 Å². The predicted molar refractivity (Wildman–Crippen MR) is 143 cm³/mol. The first kappa shape index (κ1) is 29.7. The molecule has 0 unspecified atom stereocenters. The summed E-state index contributed by atoms with van der Waals surface area (Å²) in [5.74, 6) is 0.728. The molecule has 1 saturated heterocycles. The second-order valence-corrected chi connectivity index (χ2v) is 17.5. The molecule has 0 spiro atoms. The lowest BCUT2D eigenvalue weighted by Gasteiger charge is -2.39. The van der Waals surface area contributed by atoms with E-state index in [-0.39, 0.29) is 5.04 Å². The minimum absolute atomic E-state index is 0.0439. The molecule has 0 atom stereocenters. The number of benzene rings is 1. The Morgan fingerprint density at radius 2 is 1.60 bits per heavy atom. The smallest absolute Gasteiger partial charge is 0.494 e. The van der Waals surface area contributed by atoms with Gasteiger partial charge in [0.1, 0.15) is 11.4 Å². The second-order valence-electron chi connectivity index (χ2n) is 12.8. The van der Waals surface area contributed by atoms with E-state index in [1.807, 2.05) is 72.7 Å². The van der Waals surface area contributed by atoms with Crippen LogP contribution < -0.4 is 10.2 Å². The molecule has 0 aliphatic carbocycles. The van der Waals surface area contributed by atoms with Crippen LogP contribution in [0, 0.1) is 0 Å². The molecule has 1 heterocycles. The first-order valence-electron chi connectivity index (χ1n) is 12.5. The van der Waals surface area contributed by atoms with Crippen LogP contribution in [-0.2, 0) is 18.6 Å². The third-order valence-corrected chi connectivity index (χ3v) is 11.2. The number of rotatable bonds is 8. The van der Waals surface area contributed by atoms with Gasteiger partial charge in [-0.1, -0.05) is 32.9 Å². The third kappa shape index (κ3) is 7.97. The molecule has 35 heavy (non-hydrogen) atoms. The molecule has 1 aliphatic heterocycles. The quantitative estimate of drug-likeness (QED) is 0.247. The van der Waals surface area contributed by atoms with Gasteiger partial charge in [0.2, 0.25) is 8.32 Å². The van der Waals surface area contributed by atoms with E-state index >= 15 is 0 Å². The van der Waals surface area contributed by atoms with E-state index in [9.17, 15) is 4.79 Å². The highest BCUT2D eigenvalue weighted by Gasteiger charge is 2.51. The summed E-state index contributed by atoms with van der Waals surface area (Å²) in [4.78, 5) is 12.9. The van der Waals surface area contributed by atoms with Crippen LogP contribution in [0.25, 0.3) is 0 Å². The van der Waals surface area contributed by atoms with Gasteiger partial charge in [0.15, 0.2) is 0 Å². The number of nitrogens with zero attached hydrogens (tertiary/aromatic N) is 1. The SMILES string of the molecule is CC(C)(C)OC(=O)N(CCCOc1cccc(B2OC(C)(C)C(C)(C)O2)c1)O[Si](C)(C)C(C)(C)C. The first-order chi connectivity index (χ1) is 15.7. The minimum atomic E-state index is -2.22. The van der Waals surface area contributed by atoms with Gasteiger partial charge in [-0.3, -0.25) is 0 Å². The van der Waals surface area contributed by atoms with Gasteiger partial charge in [-0.2, -0.15) is 5.06 Å². The molecule has 198 valence electrons. The lowest BCUT2D eigenvalue weighted by Crippen LogP contribution is -2.50. The molecular formula is C26H46BNO6Si. The predicted octanol–water partition coefficient (Wildman–Crippen LogP) is 5.93. The third-order valence-electron chi connectivity index (χ3n) is 6.90. The van der Waals surface area contributed by atoms with Crippen LogP contribution in [0.5, 0.6) is 5.75 Å². The molecule has 1 aromatic rings. The molecule has 7 nitrogen and oxygen atoms in total. The molecule has 1 amide bonds. The number of carbonyl (C=O) groups excluding carboxylic acids is 1. The average Bonchev–Trinajstić information content (AvgIpc) is 2.89. The van der Waals surface area contributed by atoms with Crippen LogP contribution in [0.1, 0.15) is 75.7 Å². The van der Waals surface area contributed by atoms with Crippen LogP contribution in [-0.4, -0.2) is 56.5 Å². The van der Waals surface area contributed by atoms with E-state index in [0.717, 1.165) is 11.2 Å². The van der Waals surface area contributed by atoms with Gasteiger partial charge in [0, 0.05) is 6.42 Å². The Labute approximate surface area is 214 Å². The van der Waals surface area contributed by atoms with Gasteiger partial charge in [0.25, 0.3) is 0 Å². The maximum Gasteiger partial charge on any atom is 0.494 e. The Bertz CT molecular complexity index is 859. The largest absolute Gasteiger partial charge is 0.494 e. The van der Waals surface area contributed by atoms with Crippen molar-refractivity contribution in [1.82, 2.24) is 5.06 Å². The topological polar surface area (TPSA) is 66.5 Å². The van der Waals surface area contributed by atoms with E-state index < -0.39 is 38.3 Å². The normalized spacial score (nSPS) is 17.9. The maximum atomic E-state index is 12.9. The molecule has 0 radical (unpaired) electrons. The van der Waals surface area contributed by atoms with Crippen LogP contribution in [0.3, 0.4) is 0 Å². The van der Waals surface area contributed by atoms with Crippen molar-refractivity contribution in [2.45, 2.75) is 111 Å². The van der Waals surface area contributed by atoms with Crippen molar-refractivity contribution < 1.29 is 28.1 Å². The lowest BCUT2D eigenvalue weighted by molar-refractivity contribution is -0.0833. The Kier molecular flexibility index (Phi) is 8.85. The molecule has 1 aromatic carbocycles. The summed E-state index contributed by atoms with van der Waals surface area (Å²) in [6.07, 6.45) is 0.124. The summed E-state index contributed by atoms with van der Waals surface area (Å²) in [5, 5.41) is 1.34. The van der Waals surface area contributed by atoms with Crippen molar-refractivity contribution in [2.24, 2.45) is 0 Å². The molecule has 0 aromatic heterocycles. The highest BCUT2D eigenvalue weighted by molar-refractivity contribution is 6.74. The van der Waals surface area contributed by atoms with E-state index in [1.165, 1.54) is 5.06 Å². The summed E-state index contributed by atoms with van der Waals surface area (Å²) in [6.45, 7) is 25.2. The zero-order valence-electron chi connectivity index (χ0n) is 23.9. The number of hydrogen-bond donors (Lipinski definition) is 0. The summed E-state index contributed by atoms with van der Waals surface area (Å²) in [5.41, 5.74) is -0.484. The molecule has 0 saturated carbocycles. The number of amides is 1. The van der Waals surface area contributed by atoms with E-state index in [0.29, 0.717) is 19.6 Å². The van der Waals surface area contributed by atoms with E-state index in [1.54, 1.807) is 0 Å². The van der Waals surface area contributed by atoms with Crippen molar-refractivity contribution >= 4 is 27.0 Å². The van der Waals surface area contributed by atoms with Crippen LogP contribution in [0.15, 0.2) is 24.3 Å². The summed E-state index contributed by atoms with van der Waals surface area (Å²) in [7, 11) is -2.66. The molecule has 9 heteroatoms. The van der Waals surface area contributed by atoms with Gasteiger partial charge < -0.3 is 23.3 Å². The van der Waals surface area contributed by atoms with Gasteiger partial charge in [-0.15, -0.1) is 0 Å². The monoisotopic (exact) mass is 507 g/mol. The maximum absolute atomic E-state index is 12.9. The van der Waals surface area contributed by atoms with E-state index in [4.69, 9.17) is 23.3 Å². The number of hydrogen-bond acceptors (Lipinski definition) is 6. The van der Waals surface area contributed by atoms with E-state index in [2.05, 4.69) is 33.9 Å². The van der Waals surface area contributed by atoms with Gasteiger partial charge in [-0.05, 0) is 84.2 Å². The zero-order valence-corrected chi connectivity index (χ0v) is 24.9. The molecule has 2 rings (SSSR count). The lowest BCUT2D eigenvalue weighted by atomic mass is 9.79. The van der Waals surface area contributed by atoms with Crippen molar-refractivity contribution in [2.75, 3.05) is 13.2 Å². The fourth-order valence-corrected chi connectivity index (χ4v) is 4.02. The van der Waals surface area contributed by atoms with Crippen molar-refractivity contribution in [1.29, 1.82) is 0 Å². The average molecular weight is 508 g/mol. The summed E-state index contributed by atoms with van der Waals surface area (Å²) >= 11 is 0. The summed E-state index contributed by atoms with van der Waals surface area (Å²) < 4.78 is 30.2. The fourth-order valence-electron chi connectivity index (χ4n) is 3.03.